The Balaban J connectivity index is 1.58. The molecule has 0 bridgehead atoms. The predicted octanol–water partition coefficient (Wildman–Crippen LogP) is 7.55. The molecule has 2 amide bonds. The summed E-state index contributed by atoms with van der Waals surface area (Å²) in [5.74, 6) is -0.744. The highest BCUT2D eigenvalue weighted by molar-refractivity contribution is 7.92. The summed E-state index contributed by atoms with van der Waals surface area (Å²) in [4.78, 5) is 30.6. The lowest BCUT2D eigenvalue weighted by Gasteiger charge is -2.35. The predicted molar refractivity (Wildman–Crippen MR) is 193 cm³/mol. The van der Waals surface area contributed by atoms with Gasteiger partial charge >= 0.3 is 0 Å². The molecule has 0 unspecified atom stereocenters. The largest absolute Gasteiger partial charge is 0.352 e. The summed E-state index contributed by atoms with van der Waals surface area (Å²) in [6.07, 6.45) is 5.27. The van der Waals surface area contributed by atoms with E-state index >= 15 is 0 Å². The highest BCUT2D eigenvalue weighted by Gasteiger charge is 2.36. The summed E-state index contributed by atoms with van der Waals surface area (Å²) >= 11 is 6.37. The van der Waals surface area contributed by atoms with Gasteiger partial charge in [0.25, 0.3) is 10.0 Å². The number of carbonyl (C=O) groups is 2. The molecule has 1 aliphatic rings. The van der Waals surface area contributed by atoms with Crippen LogP contribution in [0.4, 0.5) is 5.69 Å². The van der Waals surface area contributed by atoms with Crippen molar-refractivity contribution in [3.8, 4) is 0 Å². The maximum atomic E-state index is 14.8. The van der Waals surface area contributed by atoms with E-state index in [-0.39, 0.29) is 29.8 Å². The first kappa shape index (κ1) is 35.2. The number of benzene rings is 4. The molecule has 9 heteroatoms. The second kappa shape index (κ2) is 15.8. The van der Waals surface area contributed by atoms with E-state index in [2.05, 4.69) is 5.32 Å². The van der Waals surface area contributed by atoms with E-state index in [9.17, 15) is 18.0 Å². The maximum Gasteiger partial charge on any atom is 0.264 e. The lowest BCUT2D eigenvalue weighted by Crippen LogP contribution is -2.55. The molecule has 4 aromatic carbocycles. The summed E-state index contributed by atoms with van der Waals surface area (Å²) < 4.78 is 29.9. The van der Waals surface area contributed by atoms with Gasteiger partial charge in [0.2, 0.25) is 11.8 Å². The SMILES string of the molecule is Cc1ccc(S(=O)(=O)N(CC(=O)N(Cc2cccc(Cl)c2)[C@H](Cc2ccccc2)C(=O)NC2CCCCC2)c2ccc(C)cc2C)cc1. The molecule has 1 aliphatic carbocycles. The number of nitrogens with one attached hydrogen (secondary N) is 1. The minimum Gasteiger partial charge on any atom is -0.352 e. The van der Waals surface area contributed by atoms with Crippen LogP contribution in [0.15, 0.2) is 102 Å². The van der Waals surface area contributed by atoms with Crippen LogP contribution in [0.5, 0.6) is 0 Å². The molecular formula is C39H44ClN3O4S. The van der Waals surface area contributed by atoms with Gasteiger partial charge in [0.1, 0.15) is 12.6 Å². The zero-order valence-electron chi connectivity index (χ0n) is 27.9. The van der Waals surface area contributed by atoms with Gasteiger partial charge in [-0.05, 0) is 80.6 Å². The van der Waals surface area contributed by atoms with Gasteiger partial charge in [0.05, 0.1) is 10.6 Å². The van der Waals surface area contributed by atoms with Crippen molar-refractivity contribution in [3.05, 3.63) is 130 Å². The van der Waals surface area contributed by atoms with Crippen molar-refractivity contribution in [3.63, 3.8) is 0 Å². The molecule has 0 radical (unpaired) electrons. The smallest absolute Gasteiger partial charge is 0.264 e. The Labute approximate surface area is 290 Å². The molecule has 1 N–H and O–H groups in total. The van der Waals surface area contributed by atoms with Crippen molar-refractivity contribution in [1.29, 1.82) is 0 Å². The van der Waals surface area contributed by atoms with Crippen LogP contribution < -0.4 is 9.62 Å². The summed E-state index contributed by atoms with van der Waals surface area (Å²) in [5.41, 5.74) is 4.64. The zero-order chi connectivity index (χ0) is 34.3. The van der Waals surface area contributed by atoms with Crippen LogP contribution in [0, 0.1) is 20.8 Å². The molecule has 0 aromatic heterocycles. The third-order valence-corrected chi connectivity index (χ3v) is 11.0. The Morgan fingerprint density at radius 3 is 2.15 bits per heavy atom. The summed E-state index contributed by atoms with van der Waals surface area (Å²) in [6, 6.07) is 28.0. The van der Waals surface area contributed by atoms with Gasteiger partial charge in [-0.25, -0.2) is 8.42 Å². The van der Waals surface area contributed by atoms with E-state index in [1.807, 2.05) is 69.3 Å². The van der Waals surface area contributed by atoms with Gasteiger partial charge in [-0.3, -0.25) is 13.9 Å². The number of amides is 2. The molecule has 0 spiro atoms. The monoisotopic (exact) mass is 685 g/mol. The van der Waals surface area contributed by atoms with Gasteiger partial charge < -0.3 is 10.2 Å². The number of carbonyl (C=O) groups excluding carboxylic acids is 2. The van der Waals surface area contributed by atoms with Crippen molar-refractivity contribution in [2.75, 3.05) is 10.8 Å². The average Bonchev–Trinajstić information content (AvgIpc) is 3.06. The Kier molecular flexibility index (Phi) is 11.6. The Bertz CT molecular complexity index is 1820. The minimum absolute atomic E-state index is 0.0290. The summed E-state index contributed by atoms with van der Waals surface area (Å²) in [7, 11) is -4.18. The van der Waals surface area contributed by atoms with Crippen LogP contribution in [-0.2, 0) is 32.6 Å². The normalized spacial score (nSPS) is 14.2. The second-order valence-electron chi connectivity index (χ2n) is 12.8. The number of nitrogens with zero attached hydrogens (tertiary/aromatic N) is 2. The molecule has 5 rings (SSSR count). The fourth-order valence-electron chi connectivity index (χ4n) is 6.37. The van der Waals surface area contributed by atoms with Gasteiger partial charge in [0.15, 0.2) is 0 Å². The van der Waals surface area contributed by atoms with Crippen molar-refractivity contribution >= 4 is 39.1 Å². The molecule has 48 heavy (non-hydrogen) atoms. The van der Waals surface area contributed by atoms with Gasteiger partial charge in [0, 0.05) is 24.0 Å². The van der Waals surface area contributed by atoms with E-state index in [1.54, 1.807) is 48.5 Å². The summed E-state index contributed by atoms with van der Waals surface area (Å²) in [5, 5.41) is 3.75. The molecule has 7 nitrogen and oxygen atoms in total. The fourth-order valence-corrected chi connectivity index (χ4v) is 8.06. The number of anilines is 1. The highest BCUT2D eigenvalue weighted by Crippen LogP contribution is 2.29. The number of sulfonamides is 1. The molecule has 1 atom stereocenters. The molecule has 0 heterocycles. The van der Waals surface area contributed by atoms with Crippen LogP contribution in [-0.4, -0.2) is 43.8 Å². The van der Waals surface area contributed by atoms with E-state index < -0.39 is 28.5 Å². The van der Waals surface area contributed by atoms with E-state index in [1.165, 1.54) is 9.21 Å². The third kappa shape index (κ3) is 8.85. The molecule has 1 saturated carbocycles. The molecule has 0 saturated heterocycles. The van der Waals surface area contributed by atoms with E-state index in [0.717, 1.165) is 59.9 Å². The Morgan fingerprint density at radius 2 is 1.48 bits per heavy atom. The number of hydrogen-bond acceptors (Lipinski definition) is 4. The molecule has 4 aromatic rings. The first-order valence-electron chi connectivity index (χ1n) is 16.6. The second-order valence-corrected chi connectivity index (χ2v) is 15.1. The van der Waals surface area contributed by atoms with Gasteiger partial charge in [-0.15, -0.1) is 0 Å². The van der Waals surface area contributed by atoms with Gasteiger partial charge in [-0.1, -0.05) is 109 Å². The lowest BCUT2D eigenvalue weighted by molar-refractivity contribution is -0.140. The first-order chi connectivity index (χ1) is 23.0. The van der Waals surface area contributed by atoms with Crippen LogP contribution in [0.3, 0.4) is 0 Å². The lowest BCUT2D eigenvalue weighted by atomic mass is 9.94. The van der Waals surface area contributed by atoms with E-state index in [0.29, 0.717) is 10.7 Å². The minimum atomic E-state index is -4.18. The van der Waals surface area contributed by atoms with Crippen LogP contribution >= 0.6 is 11.6 Å². The third-order valence-electron chi connectivity index (χ3n) is 8.97. The van der Waals surface area contributed by atoms with E-state index in [4.69, 9.17) is 11.6 Å². The number of halogens is 1. The molecule has 252 valence electrons. The van der Waals surface area contributed by atoms with Crippen molar-refractivity contribution < 1.29 is 18.0 Å². The first-order valence-corrected chi connectivity index (χ1v) is 18.4. The van der Waals surface area contributed by atoms with Crippen LogP contribution in [0.2, 0.25) is 5.02 Å². The molecule has 0 aliphatic heterocycles. The van der Waals surface area contributed by atoms with Crippen molar-refractivity contribution in [2.45, 2.75) is 82.8 Å². The molecular weight excluding hydrogens is 642 g/mol. The van der Waals surface area contributed by atoms with Crippen molar-refractivity contribution in [1.82, 2.24) is 10.2 Å². The van der Waals surface area contributed by atoms with Crippen LogP contribution in [0.25, 0.3) is 0 Å². The summed E-state index contributed by atoms with van der Waals surface area (Å²) in [6.45, 7) is 5.24. The standard InChI is InChI=1S/C39H44ClN3O4S/c1-28-17-20-35(21-18-28)48(46,47)43(36-22-19-29(2)23-30(36)3)27-38(44)42(26-32-13-10-14-33(40)24-32)37(25-31-11-6-4-7-12-31)39(45)41-34-15-8-5-9-16-34/h4,6-7,10-14,17-24,34,37H,5,8-9,15-16,25-27H2,1-3H3,(H,41,45)/t37-/m1/s1. The Hall–Kier alpha value is -4.14. The fraction of sp³-hybridized carbons (Fsp3) is 0.333. The highest BCUT2D eigenvalue weighted by atomic mass is 35.5. The molecule has 1 fully saturated rings. The van der Waals surface area contributed by atoms with Gasteiger partial charge in [-0.2, -0.15) is 0 Å². The number of rotatable bonds is 12. The van der Waals surface area contributed by atoms with Crippen LogP contribution in [0.1, 0.15) is 59.9 Å². The van der Waals surface area contributed by atoms with Crippen molar-refractivity contribution in [2.24, 2.45) is 0 Å². The average molecular weight is 686 g/mol. The zero-order valence-corrected chi connectivity index (χ0v) is 29.4. The number of aryl methyl sites for hydroxylation is 3. The quantitative estimate of drug-likeness (QED) is 0.167. The Morgan fingerprint density at radius 1 is 0.812 bits per heavy atom. The number of hydrogen-bond donors (Lipinski definition) is 1. The topological polar surface area (TPSA) is 86.8 Å². The maximum absolute atomic E-state index is 14.8.